The van der Waals surface area contributed by atoms with E-state index in [4.69, 9.17) is 138 Å². The number of hydrogen-bond acceptors (Lipinski definition) is 12. The third-order valence-electron chi connectivity index (χ3n) is 16.8. The molecule has 16 heteroatoms. The number of aromatic nitrogens is 6. The Bertz CT molecular complexity index is 3570. The number of morpholine rings is 2. The zero-order valence-corrected chi connectivity index (χ0v) is 43.1. The molecule has 0 spiro atoms. The lowest BCUT2D eigenvalue weighted by molar-refractivity contribution is -0.121. The summed E-state index contributed by atoms with van der Waals surface area (Å²) in [6, 6.07) is 21.1. The lowest BCUT2D eigenvalue weighted by Crippen LogP contribution is -2.46. The fourth-order valence-electron chi connectivity index (χ4n) is 12.8. The topological polar surface area (TPSA) is 148 Å². The highest BCUT2D eigenvalue weighted by molar-refractivity contribution is 6.00. The summed E-state index contributed by atoms with van der Waals surface area (Å²) >= 11 is 0. The minimum atomic E-state index is -0.654. The normalized spacial score (nSPS) is 28.2. The van der Waals surface area contributed by atoms with Gasteiger partial charge >= 0.3 is 0 Å². The van der Waals surface area contributed by atoms with Gasteiger partial charge in [-0.2, -0.15) is 0 Å². The number of rotatable bonds is 6. The number of ether oxygens (including phenoxy) is 2. The molecule has 1 N–H and O–H groups in total. The van der Waals surface area contributed by atoms with Crippen molar-refractivity contribution >= 4 is 17.4 Å². The van der Waals surface area contributed by atoms with E-state index in [9.17, 15) is 9.90 Å². The highest BCUT2D eigenvalue weighted by atomic mass is 19.1. The number of fused-ring (bicyclic) bond motifs is 6. The Hall–Kier alpha value is -7.79. The van der Waals surface area contributed by atoms with E-state index in [1.54, 1.807) is 48.8 Å². The van der Waals surface area contributed by atoms with Crippen LogP contribution in [-0.2, 0) is 37.9 Å². The standard InChI is InChI=1S/C30H30FN5O2.C30H28FN5O2.32H2/c2*1-18-22-9-8-21-26(20-6-4-5-7-23(20)31)34-29(35-28(21)30(22,2)17-24(32-3)27(18)37)19-10-11-33-25(16-19)36-12-14-38-15-13-36;;;;;;;;;;;;;;;;;;;;;;;;;;;;;;;;/h4-7,10-11,16,18,22,37H,8-9,12-15,17H2,1-2H3;4-7,10-11,16-18,22H,8-9,12-15H2,1-2H3;32*1H/t2*18-,22-,30-;;;;;;;;;;;;;;;;;;;;;;;;;;;;;;;;/m11................................/s1/i;;32*1+2T. The van der Waals surface area contributed by atoms with Gasteiger partial charge in [0, 0.05) is 190 Å². The monoisotopic (exact) mass is 1210 g/mol. The largest absolute Gasteiger partial charge is 0.523 e. The van der Waals surface area contributed by atoms with Crippen molar-refractivity contribution in [2.75, 3.05) is 62.4 Å². The maximum absolute atomic E-state index is 15.2. The first-order valence-electron chi connectivity index (χ1n) is 58.2. The van der Waals surface area contributed by atoms with Crippen molar-refractivity contribution in [1.82, 2.24) is 29.9 Å². The lowest BCUT2D eigenvalue weighted by Gasteiger charge is -2.48. The fraction of sp³-hybridized carbons (Fsp3) is 0.383. The molecule has 12 rings (SSSR count). The van der Waals surface area contributed by atoms with E-state index in [1.165, 1.54) is 12.1 Å². The Morgan fingerprint density at radius 1 is 0.697 bits per heavy atom. The smallest absolute Gasteiger partial charge is 0.226 e. The molecule has 0 unspecified atom stereocenters. The van der Waals surface area contributed by atoms with Gasteiger partial charge in [0.05, 0.1) is 68.1 Å². The number of benzene rings is 2. The fourth-order valence-corrected chi connectivity index (χ4v) is 12.8. The van der Waals surface area contributed by atoms with Crippen molar-refractivity contribution in [2.45, 2.75) is 70.6 Å². The molecule has 14 nitrogen and oxygen atoms in total. The predicted octanol–water partition coefficient (Wildman–Crippen LogP) is 18.6. The summed E-state index contributed by atoms with van der Waals surface area (Å²) in [7, 11) is 0. The molecule has 2 fully saturated rings. The van der Waals surface area contributed by atoms with Gasteiger partial charge in [0.15, 0.2) is 17.4 Å². The minimum Gasteiger partial charge on any atom is -0.523 e. The number of allylic oxidation sites excluding steroid dienone is 4. The number of carbonyl (C=O) groups excluding carboxylic acids is 1. The van der Waals surface area contributed by atoms with Crippen LogP contribution in [0.1, 0.15) is 164 Å². The number of ketones is 1. The summed E-state index contributed by atoms with van der Waals surface area (Å²) in [5.74, 6) is 1.68. The molecule has 6 heterocycles. The van der Waals surface area contributed by atoms with E-state index < -0.39 is 10.8 Å². The summed E-state index contributed by atoms with van der Waals surface area (Å²) in [5.41, 5.74) is 6.43. The van der Waals surface area contributed by atoms with E-state index >= 15 is 8.78 Å². The molecule has 6 aliphatic rings. The van der Waals surface area contributed by atoms with Gasteiger partial charge in [-0.15, -0.1) is 0 Å². The third-order valence-corrected chi connectivity index (χ3v) is 16.8. The van der Waals surface area contributed by atoms with Gasteiger partial charge in [0.25, 0.3) is 0 Å². The van der Waals surface area contributed by atoms with Crippen molar-refractivity contribution in [3.8, 4) is 45.3 Å². The molecular weight excluding hydrogens is 963 g/mol. The molecule has 4 aliphatic carbocycles. The molecule has 0 bridgehead atoms. The molecule has 2 aromatic carbocycles. The molecule has 6 aromatic rings. The zero-order chi connectivity index (χ0) is 117. The number of hydrogen-bond donors (Lipinski definition) is 1. The Morgan fingerprint density at radius 3 is 1.71 bits per heavy atom. The molecule has 2 saturated heterocycles. The number of Topliss-reactive ketones (excluding diaryl/α,β-unsaturated/α-hetero) is 1. The van der Waals surface area contributed by atoms with Crippen LogP contribution < -0.4 is 9.80 Å². The average Bonchev–Trinajstić information content (AvgIpc) is 0.724. The molecule has 6 atom stereocenters. The number of anilines is 2. The second-order valence-electron chi connectivity index (χ2n) is 21.1. The second kappa shape index (κ2) is 20.4. The Kier molecular flexibility index (Phi) is 6.81. The van der Waals surface area contributed by atoms with Gasteiger partial charge in [-0.25, -0.2) is 48.4 Å². The number of aliphatic hydroxyl groups is 1. The van der Waals surface area contributed by atoms with Crippen LogP contribution in [0, 0.1) is 48.5 Å². The molecule has 2 aliphatic heterocycles. The number of aliphatic hydroxyl groups excluding tert-OH is 1. The van der Waals surface area contributed by atoms with Gasteiger partial charge < -0.3 is 29.2 Å². The van der Waals surface area contributed by atoms with Crippen LogP contribution in [-0.4, -0.2) is 93.4 Å². The summed E-state index contributed by atoms with van der Waals surface area (Å²) in [6.07, 6.45) is 8.55. The second-order valence-corrected chi connectivity index (χ2v) is 21.1. The maximum Gasteiger partial charge on any atom is 0.226 e. The quantitative estimate of drug-likeness (QED) is 0.158. The lowest BCUT2D eigenvalue weighted by atomic mass is 9.57. The van der Waals surface area contributed by atoms with Crippen molar-refractivity contribution in [2.24, 2.45) is 23.7 Å². The molecule has 4 aromatic heterocycles. The highest BCUT2D eigenvalue weighted by Crippen LogP contribution is 2.55. The van der Waals surface area contributed by atoms with Gasteiger partial charge in [-0.1, -0.05) is 58.0 Å². The van der Waals surface area contributed by atoms with Crippen LogP contribution in [0.15, 0.2) is 108 Å². The highest BCUT2D eigenvalue weighted by Gasteiger charge is 2.51. The maximum atomic E-state index is 15.2. The number of carbonyl (C=O) groups is 1. The first-order valence-corrected chi connectivity index (χ1v) is 26.2. The molecule has 0 saturated carbocycles. The summed E-state index contributed by atoms with van der Waals surface area (Å²) in [4.78, 5) is 53.8. The SMILES string of the molecule is [3H][3H].[3H][3H].[3H][3H].[3H][3H].[3H][3H].[3H][3H].[3H][3H].[3H][3H].[3H][3H].[3H][3H].[3H][3H].[3H][3H].[3H][3H].[3H][3H].[3H][3H].[3H][3H].[3H][3H].[3H][3H].[3H][3H].[3H][3H].[3H][3H].[3H][3H].[3H][3H].[3H][3H].[3H][3H].[3H][3H].[3H][3H].[3H][3H].[3H][3H].[3H][3H].[3H][3H].[3H][3H].[C-]#[N+]C1=C(O)[C@H](C)[C@H]2CCc3c(-c4ccccc4F)nc(-c4ccnc(N5CCOCC5)c4)nc3[C@]2(C)C1.[C-]#[N+]C1=C[C@@]2(C)c3nc(-c4ccnc(N5CCOCC5)c4)nc(-c4ccccc4F)c3CC[C@@H]2[C@@H](C)C1=O. The van der Waals surface area contributed by atoms with E-state index in [-0.39, 0.29) is 52.5 Å². The van der Waals surface area contributed by atoms with Crippen molar-refractivity contribution in [1.29, 1.82) is 0 Å². The van der Waals surface area contributed by atoms with Crippen molar-refractivity contribution in [3.63, 3.8) is 0 Å². The number of nitrogens with zero attached hydrogens (tertiary/aromatic N) is 10. The minimum absolute atomic E-state index is 0.00873. The molecular formula is C60H122F2N10O4. The van der Waals surface area contributed by atoms with Crippen LogP contribution in [0.3, 0.4) is 0 Å². The van der Waals surface area contributed by atoms with Crippen LogP contribution >= 0.6 is 0 Å². The first kappa shape index (κ1) is 25.4. The van der Waals surface area contributed by atoms with Crippen molar-refractivity contribution < 1.29 is 123 Å². The van der Waals surface area contributed by atoms with E-state index in [0.717, 1.165) is 84.3 Å². The zero-order valence-electron chi connectivity index (χ0n) is 107. The van der Waals surface area contributed by atoms with Crippen molar-refractivity contribution in [3.05, 3.63) is 165 Å². The van der Waals surface area contributed by atoms with Gasteiger partial charge in [0.2, 0.25) is 11.4 Å². The number of halogens is 2. The van der Waals surface area contributed by atoms with Gasteiger partial charge in [0.1, 0.15) is 23.3 Å². The Labute approximate surface area is 540 Å². The molecule has 0 radical (unpaired) electrons. The van der Waals surface area contributed by atoms with E-state index in [2.05, 4.69) is 43.3 Å². The van der Waals surface area contributed by atoms with E-state index in [0.29, 0.717) is 85.6 Å². The van der Waals surface area contributed by atoms with Crippen LogP contribution in [0.4, 0.5) is 20.4 Å². The summed E-state index contributed by atoms with van der Waals surface area (Å²) in [6.45, 7) is 29.0. The summed E-state index contributed by atoms with van der Waals surface area (Å²) < 4.78 is 361. The predicted molar refractivity (Wildman–Crippen MR) is 352 cm³/mol. The first-order chi connectivity index (χ1) is 68.8. The van der Waals surface area contributed by atoms with Gasteiger partial charge in [-0.3, -0.25) is 0 Å². The van der Waals surface area contributed by atoms with E-state index in [1.807, 2.05) is 44.2 Å². The Balaban J connectivity index is -0.0000000634. The molecule has 76 heavy (non-hydrogen) atoms. The molecule has 450 valence electrons. The van der Waals surface area contributed by atoms with Gasteiger partial charge in [-0.05, 0) is 92.5 Å². The average molecular weight is 1210 g/mol. The van der Waals surface area contributed by atoms with Crippen LogP contribution in [0.5, 0.6) is 0 Å². The van der Waals surface area contributed by atoms with Crippen LogP contribution in [0.25, 0.3) is 55.0 Å². The number of pyridine rings is 2. The Morgan fingerprint density at radius 2 is 1.20 bits per heavy atom. The summed E-state index contributed by atoms with van der Waals surface area (Å²) in [5, 5.41) is 10.8. The third kappa shape index (κ3) is 8.87. The van der Waals surface area contributed by atoms with Crippen LogP contribution in [0.2, 0.25) is 0 Å². The molecule has 0 amide bonds.